The predicted octanol–water partition coefficient (Wildman–Crippen LogP) is 0.732. The lowest BCUT2D eigenvalue weighted by Gasteiger charge is -2.19. The topological polar surface area (TPSA) is 69.4 Å². The molecule has 0 aliphatic carbocycles. The van der Waals surface area contributed by atoms with Crippen LogP contribution in [0.15, 0.2) is 0 Å². The molecule has 0 spiro atoms. The van der Waals surface area contributed by atoms with E-state index in [0.29, 0.717) is 31.4 Å². The first-order valence-corrected chi connectivity index (χ1v) is 5.62. The predicted molar refractivity (Wildman–Crippen MR) is 62.4 cm³/mol. The van der Waals surface area contributed by atoms with E-state index in [1.807, 2.05) is 25.3 Å². The SMILES string of the molecule is COCCn1c(CO)nnc1COC(C)(C)C. The van der Waals surface area contributed by atoms with Gasteiger partial charge >= 0.3 is 0 Å². The molecule has 1 N–H and O–H groups in total. The molecule has 1 heterocycles. The van der Waals surface area contributed by atoms with Gasteiger partial charge < -0.3 is 19.1 Å². The van der Waals surface area contributed by atoms with Gasteiger partial charge in [-0.25, -0.2) is 0 Å². The second-order valence-electron chi connectivity index (χ2n) is 4.74. The first kappa shape index (κ1) is 14.1. The van der Waals surface area contributed by atoms with E-state index in [9.17, 15) is 0 Å². The third-order valence-electron chi connectivity index (χ3n) is 2.20. The van der Waals surface area contributed by atoms with Gasteiger partial charge in [0.15, 0.2) is 11.6 Å². The van der Waals surface area contributed by atoms with Gasteiger partial charge in [0.1, 0.15) is 13.2 Å². The summed E-state index contributed by atoms with van der Waals surface area (Å²) in [5.41, 5.74) is -0.225. The molecule has 1 aromatic rings. The summed E-state index contributed by atoms with van der Waals surface area (Å²) in [6.07, 6.45) is 0. The van der Waals surface area contributed by atoms with E-state index in [-0.39, 0.29) is 12.2 Å². The molecule has 0 radical (unpaired) electrons. The molecule has 0 saturated carbocycles. The molecule has 0 atom stereocenters. The van der Waals surface area contributed by atoms with Crippen molar-refractivity contribution >= 4 is 0 Å². The first-order valence-electron chi connectivity index (χ1n) is 5.62. The minimum atomic E-state index is -0.225. The molecule has 0 bridgehead atoms. The molecule has 0 aromatic carbocycles. The van der Waals surface area contributed by atoms with Gasteiger partial charge in [0, 0.05) is 13.7 Å². The van der Waals surface area contributed by atoms with Crippen molar-refractivity contribution < 1.29 is 14.6 Å². The van der Waals surface area contributed by atoms with Crippen LogP contribution in [0.5, 0.6) is 0 Å². The molecular weight excluding hydrogens is 222 g/mol. The van der Waals surface area contributed by atoms with Crippen LogP contribution in [0.25, 0.3) is 0 Å². The highest BCUT2D eigenvalue weighted by Gasteiger charge is 2.15. The average Bonchev–Trinajstić information content (AvgIpc) is 2.64. The van der Waals surface area contributed by atoms with E-state index in [2.05, 4.69) is 10.2 Å². The Morgan fingerprint density at radius 1 is 1.24 bits per heavy atom. The van der Waals surface area contributed by atoms with Crippen LogP contribution >= 0.6 is 0 Å². The van der Waals surface area contributed by atoms with Crippen LogP contribution in [0, 0.1) is 0 Å². The maximum atomic E-state index is 9.15. The molecule has 0 unspecified atom stereocenters. The third-order valence-corrected chi connectivity index (χ3v) is 2.20. The van der Waals surface area contributed by atoms with Crippen molar-refractivity contribution in [1.29, 1.82) is 0 Å². The number of methoxy groups -OCH3 is 1. The second kappa shape index (κ2) is 6.09. The minimum absolute atomic E-state index is 0.133. The van der Waals surface area contributed by atoms with Crippen LogP contribution in [0.3, 0.4) is 0 Å². The first-order chi connectivity index (χ1) is 7.98. The maximum absolute atomic E-state index is 9.15. The Morgan fingerprint density at radius 2 is 1.88 bits per heavy atom. The molecule has 0 saturated heterocycles. The standard InChI is InChI=1S/C11H21N3O3/c1-11(2,3)17-8-10-13-12-9(7-15)14(10)5-6-16-4/h15H,5-8H2,1-4H3. The van der Waals surface area contributed by atoms with Gasteiger partial charge in [-0.05, 0) is 20.8 Å². The summed E-state index contributed by atoms with van der Waals surface area (Å²) in [7, 11) is 1.63. The summed E-state index contributed by atoms with van der Waals surface area (Å²) < 4.78 is 12.5. The monoisotopic (exact) mass is 243 g/mol. The van der Waals surface area contributed by atoms with E-state index < -0.39 is 0 Å². The third kappa shape index (κ3) is 4.41. The van der Waals surface area contributed by atoms with E-state index in [1.165, 1.54) is 0 Å². The van der Waals surface area contributed by atoms with Crippen LogP contribution in [-0.2, 0) is 29.2 Å². The zero-order chi connectivity index (χ0) is 12.9. The van der Waals surface area contributed by atoms with Gasteiger partial charge in [-0.2, -0.15) is 0 Å². The number of ether oxygens (including phenoxy) is 2. The molecule has 98 valence electrons. The van der Waals surface area contributed by atoms with Gasteiger partial charge in [0.05, 0.1) is 12.2 Å². The maximum Gasteiger partial charge on any atom is 0.159 e. The fourth-order valence-corrected chi connectivity index (χ4v) is 1.32. The number of nitrogens with zero attached hydrogens (tertiary/aromatic N) is 3. The summed E-state index contributed by atoms with van der Waals surface area (Å²) >= 11 is 0. The average molecular weight is 243 g/mol. The number of aliphatic hydroxyl groups excluding tert-OH is 1. The van der Waals surface area contributed by atoms with Crippen LogP contribution < -0.4 is 0 Å². The summed E-state index contributed by atoms with van der Waals surface area (Å²) in [5.74, 6) is 1.25. The zero-order valence-electron chi connectivity index (χ0n) is 10.9. The van der Waals surface area contributed by atoms with Crippen LogP contribution in [0.1, 0.15) is 32.4 Å². The highest BCUT2D eigenvalue weighted by molar-refractivity contribution is 4.94. The second-order valence-corrected chi connectivity index (χ2v) is 4.74. The Bertz CT molecular complexity index is 344. The van der Waals surface area contributed by atoms with E-state index in [4.69, 9.17) is 14.6 Å². The number of hydrogen-bond acceptors (Lipinski definition) is 5. The fraction of sp³-hybridized carbons (Fsp3) is 0.818. The molecule has 17 heavy (non-hydrogen) atoms. The van der Waals surface area contributed by atoms with Crippen molar-refractivity contribution in [3.8, 4) is 0 Å². The quantitative estimate of drug-likeness (QED) is 0.797. The lowest BCUT2D eigenvalue weighted by Crippen LogP contribution is -2.21. The fourth-order valence-electron chi connectivity index (χ4n) is 1.32. The highest BCUT2D eigenvalue weighted by atomic mass is 16.5. The number of aliphatic hydroxyl groups is 1. The number of hydrogen-bond donors (Lipinski definition) is 1. The summed E-state index contributed by atoms with van der Waals surface area (Å²) in [6, 6.07) is 0. The molecular formula is C11H21N3O3. The zero-order valence-corrected chi connectivity index (χ0v) is 10.9. The summed E-state index contributed by atoms with van der Waals surface area (Å²) in [5, 5.41) is 17.1. The lowest BCUT2D eigenvalue weighted by atomic mass is 10.2. The Hall–Kier alpha value is -0.980. The van der Waals surface area contributed by atoms with Crippen LogP contribution in [-0.4, -0.2) is 39.2 Å². The lowest BCUT2D eigenvalue weighted by molar-refractivity contribution is -0.0198. The van der Waals surface area contributed by atoms with E-state index in [0.717, 1.165) is 0 Å². The Labute approximate surface area is 102 Å². The van der Waals surface area contributed by atoms with Crippen molar-refractivity contribution in [2.24, 2.45) is 0 Å². The Balaban J connectivity index is 2.73. The van der Waals surface area contributed by atoms with Gasteiger partial charge in [-0.3, -0.25) is 0 Å². The highest BCUT2D eigenvalue weighted by Crippen LogP contribution is 2.11. The molecule has 6 heteroatoms. The number of aromatic nitrogens is 3. The van der Waals surface area contributed by atoms with Crippen molar-refractivity contribution in [1.82, 2.24) is 14.8 Å². The van der Waals surface area contributed by atoms with E-state index in [1.54, 1.807) is 7.11 Å². The van der Waals surface area contributed by atoms with Gasteiger partial charge in [0.2, 0.25) is 0 Å². The molecule has 1 rings (SSSR count). The summed E-state index contributed by atoms with van der Waals surface area (Å²) in [4.78, 5) is 0. The van der Waals surface area contributed by atoms with Crippen LogP contribution in [0.2, 0.25) is 0 Å². The van der Waals surface area contributed by atoms with Crippen LogP contribution in [0.4, 0.5) is 0 Å². The van der Waals surface area contributed by atoms with Gasteiger partial charge in [-0.15, -0.1) is 10.2 Å². The molecule has 1 aromatic heterocycles. The number of rotatable bonds is 6. The van der Waals surface area contributed by atoms with Crippen molar-refractivity contribution in [3.05, 3.63) is 11.6 Å². The summed E-state index contributed by atoms with van der Waals surface area (Å²) in [6.45, 7) is 7.35. The Kier molecular flexibility index (Phi) is 5.04. The Morgan fingerprint density at radius 3 is 2.41 bits per heavy atom. The van der Waals surface area contributed by atoms with Crippen molar-refractivity contribution in [2.75, 3.05) is 13.7 Å². The smallest absolute Gasteiger partial charge is 0.159 e. The van der Waals surface area contributed by atoms with Crippen molar-refractivity contribution in [2.45, 2.75) is 46.1 Å². The largest absolute Gasteiger partial charge is 0.388 e. The molecule has 0 aliphatic rings. The van der Waals surface area contributed by atoms with Crippen molar-refractivity contribution in [3.63, 3.8) is 0 Å². The van der Waals surface area contributed by atoms with Gasteiger partial charge in [-0.1, -0.05) is 0 Å². The minimum Gasteiger partial charge on any atom is -0.388 e. The normalized spacial score (nSPS) is 12.1. The molecule has 0 amide bonds. The van der Waals surface area contributed by atoms with Gasteiger partial charge in [0.25, 0.3) is 0 Å². The molecule has 0 aliphatic heterocycles. The molecule has 0 fully saturated rings. The van der Waals surface area contributed by atoms with E-state index >= 15 is 0 Å². The molecule has 6 nitrogen and oxygen atoms in total.